The molecule has 3 aromatic rings. The molecular formula is C24H21ClN2O3S. The highest BCUT2D eigenvalue weighted by Gasteiger charge is 2.26. The van der Waals surface area contributed by atoms with Crippen LogP contribution in [0.15, 0.2) is 66.9 Å². The van der Waals surface area contributed by atoms with E-state index >= 15 is 0 Å². The number of aromatic nitrogens is 1. The SMILES string of the molecule is O=S(=O)(O)CC1CCN(c2ccc(C#Cc3ccc(-c4ccc(Cl)cc4)cn3)cc2)C1. The molecule has 0 amide bonds. The first-order chi connectivity index (χ1) is 14.9. The Labute approximate surface area is 187 Å². The molecule has 0 radical (unpaired) electrons. The lowest BCUT2D eigenvalue weighted by atomic mass is 10.1. The molecule has 2 heterocycles. The number of benzene rings is 2. The van der Waals surface area contributed by atoms with Crippen molar-refractivity contribution in [3.8, 4) is 23.0 Å². The number of hydrogen-bond acceptors (Lipinski definition) is 4. The number of nitrogens with zero attached hydrogens (tertiary/aromatic N) is 2. The molecule has 1 atom stereocenters. The zero-order valence-electron chi connectivity index (χ0n) is 16.7. The number of rotatable bonds is 4. The maximum Gasteiger partial charge on any atom is 0.265 e. The smallest absolute Gasteiger partial charge is 0.265 e. The summed E-state index contributed by atoms with van der Waals surface area (Å²) in [6.45, 7) is 1.39. The van der Waals surface area contributed by atoms with Crippen LogP contribution in [0.3, 0.4) is 0 Å². The third-order valence-corrected chi connectivity index (χ3v) is 6.39. The molecule has 1 saturated heterocycles. The zero-order chi connectivity index (χ0) is 21.8. The number of anilines is 1. The topological polar surface area (TPSA) is 70.5 Å². The van der Waals surface area contributed by atoms with Crippen LogP contribution in [0, 0.1) is 17.8 Å². The van der Waals surface area contributed by atoms with Gasteiger partial charge in [0.2, 0.25) is 0 Å². The van der Waals surface area contributed by atoms with E-state index in [2.05, 4.69) is 21.7 Å². The Morgan fingerprint density at radius 3 is 2.35 bits per heavy atom. The molecule has 0 aliphatic carbocycles. The molecule has 1 aliphatic heterocycles. The van der Waals surface area contributed by atoms with Crippen LogP contribution in [0.4, 0.5) is 5.69 Å². The fourth-order valence-corrected chi connectivity index (χ4v) is 4.67. The van der Waals surface area contributed by atoms with Crippen LogP contribution >= 0.6 is 11.6 Å². The zero-order valence-corrected chi connectivity index (χ0v) is 18.3. The number of halogens is 1. The summed E-state index contributed by atoms with van der Waals surface area (Å²) in [7, 11) is -3.93. The van der Waals surface area contributed by atoms with Crippen LogP contribution in [0.25, 0.3) is 11.1 Å². The molecule has 4 rings (SSSR count). The predicted octanol–water partition coefficient (Wildman–Crippen LogP) is 4.52. The van der Waals surface area contributed by atoms with Crippen LogP contribution in [0.2, 0.25) is 5.02 Å². The third kappa shape index (κ3) is 5.86. The molecule has 0 bridgehead atoms. The highest BCUT2D eigenvalue weighted by Crippen LogP contribution is 2.25. The summed E-state index contributed by atoms with van der Waals surface area (Å²) in [5.74, 6) is 5.98. The van der Waals surface area contributed by atoms with E-state index in [4.69, 9.17) is 16.2 Å². The molecule has 7 heteroatoms. The summed E-state index contributed by atoms with van der Waals surface area (Å²) in [5.41, 5.74) is 4.64. The molecule has 0 saturated carbocycles. The first-order valence-electron chi connectivity index (χ1n) is 9.90. The van der Waals surface area contributed by atoms with E-state index in [-0.39, 0.29) is 11.7 Å². The minimum atomic E-state index is -3.93. The fraction of sp³-hybridized carbons (Fsp3) is 0.208. The molecule has 1 aliphatic rings. The van der Waals surface area contributed by atoms with Crippen LogP contribution < -0.4 is 4.90 Å². The molecule has 2 aromatic carbocycles. The van der Waals surface area contributed by atoms with Gasteiger partial charge in [-0.15, -0.1) is 0 Å². The van der Waals surface area contributed by atoms with Crippen molar-refractivity contribution >= 4 is 27.4 Å². The normalized spacial score (nSPS) is 16.1. The largest absolute Gasteiger partial charge is 0.371 e. The van der Waals surface area contributed by atoms with Gasteiger partial charge in [-0.2, -0.15) is 8.42 Å². The van der Waals surface area contributed by atoms with E-state index in [9.17, 15) is 8.42 Å². The molecule has 31 heavy (non-hydrogen) atoms. The molecular weight excluding hydrogens is 432 g/mol. The lowest BCUT2D eigenvalue weighted by Crippen LogP contribution is -2.22. The van der Waals surface area contributed by atoms with Gasteiger partial charge in [0.05, 0.1) is 5.75 Å². The van der Waals surface area contributed by atoms with Crippen LogP contribution in [0.5, 0.6) is 0 Å². The van der Waals surface area contributed by atoms with E-state index < -0.39 is 10.1 Å². The van der Waals surface area contributed by atoms with Crippen molar-refractivity contribution in [3.05, 3.63) is 83.1 Å². The van der Waals surface area contributed by atoms with Crippen molar-refractivity contribution < 1.29 is 13.0 Å². The van der Waals surface area contributed by atoms with Crippen molar-refractivity contribution in [1.29, 1.82) is 0 Å². The molecule has 1 aromatic heterocycles. The van der Waals surface area contributed by atoms with Crippen LogP contribution in [0.1, 0.15) is 17.7 Å². The van der Waals surface area contributed by atoms with Gasteiger partial charge < -0.3 is 4.90 Å². The van der Waals surface area contributed by atoms with Gasteiger partial charge in [-0.1, -0.05) is 35.7 Å². The first kappa shape index (κ1) is 21.4. The van der Waals surface area contributed by atoms with Crippen molar-refractivity contribution in [3.63, 3.8) is 0 Å². The van der Waals surface area contributed by atoms with Gasteiger partial charge in [-0.05, 0) is 66.3 Å². The van der Waals surface area contributed by atoms with Crippen molar-refractivity contribution in [1.82, 2.24) is 4.98 Å². The van der Waals surface area contributed by atoms with Crippen molar-refractivity contribution in [2.75, 3.05) is 23.7 Å². The van der Waals surface area contributed by atoms with E-state index in [0.717, 1.165) is 35.3 Å². The van der Waals surface area contributed by atoms with E-state index in [1.54, 1.807) is 6.20 Å². The Bertz CT molecular complexity index is 1210. The summed E-state index contributed by atoms with van der Waals surface area (Å²) in [6, 6.07) is 19.4. The lowest BCUT2D eigenvalue weighted by molar-refractivity contribution is 0.469. The van der Waals surface area contributed by atoms with Gasteiger partial charge in [0.15, 0.2) is 0 Å². The van der Waals surface area contributed by atoms with Gasteiger partial charge in [0.25, 0.3) is 10.1 Å². The Balaban J connectivity index is 1.39. The van der Waals surface area contributed by atoms with E-state index in [1.807, 2.05) is 60.7 Å². The van der Waals surface area contributed by atoms with E-state index in [1.165, 1.54) is 0 Å². The molecule has 1 N–H and O–H groups in total. The van der Waals surface area contributed by atoms with Gasteiger partial charge >= 0.3 is 0 Å². The molecule has 0 spiro atoms. The Kier molecular flexibility index (Phi) is 6.28. The number of hydrogen-bond donors (Lipinski definition) is 1. The maximum absolute atomic E-state index is 11.1. The average molecular weight is 453 g/mol. The molecule has 158 valence electrons. The summed E-state index contributed by atoms with van der Waals surface area (Å²) >= 11 is 5.93. The summed E-state index contributed by atoms with van der Waals surface area (Å²) in [5, 5.41) is 0.702. The Morgan fingerprint density at radius 1 is 1.00 bits per heavy atom. The number of pyridine rings is 1. The summed E-state index contributed by atoms with van der Waals surface area (Å²) in [4.78, 5) is 6.56. The van der Waals surface area contributed by atoms with Crippen molar-refractivity contribution in [2.45, 2.75) is 6.42 Å². The summed E-state index contributed by atoms with van der Waals surface area (Å²) in [6.07, 6.45) is 2.55. The second-order valence-corrected chi connectivity index (χ2v) is 9.52. The molecule has 1 fully saturated rings. The quantitative estimate of drug-likeness (QED) is 0.465. The Morgan fingerprint density at radius 2 is 1.71 bits per heavy atom. The van der Waals surface area contributed by atoms with Crippen molar-refractivity contribution in [2.24, 2.45) is 5.92 Å². The van der Waals surface area contributed by atoms with Gasteiger partial charge in [0, 0.05) is 41.1 Å². The van der Waals surface area contributed by atoms with Gasteiger partial charge in [0.1, 0.15) is 5.69 Å². The minimum Gasteiger partial charge on any atom is -0.371 e. The minimum absolute atomic E-state index is 0.0450. The monoisotopic (exact) mass is 452 g/mol. The van der Waals surface area contributed by atoms with Crippen LogP contribution in [-0.2, 0) is 10.1 Å². The van der Waals surface area contributed by atoms with Gasteiger partial charge in [-0.25, -0.2) is 4.98 Å². The molecule has 5 nitrogen and oxygen atoms in total. The maximum atomic E-state index is 11.1. The first-order valence-corrected chi connectivity index (χ1v) is 11.9. The average Bonchev–Trinajstić information content (AvgIpc) is 3.20. The predicted molar refractivity (Wildman–Crippen MR) is 124 cm³/mol. The standard InChI is InChI=1S/C24H21ClN2O3S/c25-22-7-4-20(5-8-22)21-6-10-23(26-15-21)9-1-18-2-11-24(12-3-18)27-14-13-19(16-27)17-31(28,29)30/h2-8,10-12,15,19H,13-14,16-17H2,(H,28,29,30). The van der Waals surface area contributed by atoms with E-state index in [0.29, 0.717) is 17.3 Å². The Hall–Kier alpha value is -2.85. The second kappa shape index (κ2) is 9.11. The fourth-order valence-electron chi connectivity index (χ4n) is 3.67. The molecule has 1 unspecified atom stereocenters. The highest BCUT2D eigenvalue weighted by atomic mass is 35.5. The van der Waals surface area contributed by atoms with Crippen LogP contribution in [-0.4, -0.2) is 36.8 Å². The lowest BCUT2D eigenvalue weighted by Gasteiger charge is -2.18. The third-order valence-electron chi connectivity index (χ3n) is 5.24. The van der Waals surface area contributed by atoms with Gasteiger partial charge in [-0.3, -0.25) is 4.55 Å². The summed E-state index contributed by atoms with van der Waals surface area (Å²) < 4.78 is 31.2. The second-order valence-electron chi connectivity index (χ2n) is 7.59. The highest BCUT2D eigenvalue weighted by molar-refractivity contribution is 7.85.